The fourth-order valence-electron chi connectivity index (χ4n) is 2.36. The van der Waals surface area contributed by atoms with Gasteiger partial charge in [0, 0.05) is 12.2 Å². The molecule has 0 radical (unpaired) electrons. The lowest BCUT2D eigenvalue weighted by Crippen LogP contribution is -2.08. The first-order valence-electron chi connectivity index (χ1n) is 8.03. The number of aromatic carboxylic acids is 1. The summed E-state index contributed by atoms with van der Waals surface area (Å²) in [5, 5.41) is 15.2. The van der Waals surface area contributed by atoms with Gasteiger partial charge in [0.1, 0.15) is 12.0 Å². The predicted octanol–water partition coefficient (Wildman–Crippen LogP) is 3.42. The molecule has 0 spiro atoms. The summed E-state index contributed by atoms with van der Waals surface area (Å²) in [6.45, 7) is 2.63. The fourth-order valence-corrected chi connectivity index (χ4v) is 2.36. The maximum atomic E-state index is 10.9. The van der Waals surface area contributed by atoms with Crippen LogP contribution in [-0.4, -0.2) is 21.0 Å². The highest BCUT2D eigenvalue weighted by Crippen LogP contribution is 2.26. The maximum Gasteiger partial charge on any atom is 0.335 e. The second-order valence-electron chi connectivity index (χ2n) is 5.83. The molecular formula is C19H19N5O2. The molecule has 5 N–H and O–H groups in total. The summed E-state index contributed by atoms with van der Waals surface area (Å²) in [7, 11) is 0. The van der Waals surface area contributed by atoms with Crippen molar-refractivity contribution in [3.05, 3.63) is 71.5 Å². The molecule has 26 heavy (non-hydrogen) atoms. The average Bonchev–Trinajstić information content (AvgIpc) is 2.64. The number of nitrogen functional groups attached to an aromatic ring is 1. The number of carbonyl (C=O) groups is 1. The number of rotatable bonds is 6. The third kappa shape index (κ3) is 4.07. The fraction of sp³-hybridized carbons (Fsp3) is 0.105. The van der Waals surface area contributed by atoms with E-state index in [0.29, 0.717) is 29.6 Å². The number of anilines is 4. The smallest absolute Gasteiger partial charge is 0.335 e. The Kier molecular flexibility index (Phi) is 4.98. The molecule has 3 aromatic rings. The predicted molar refractivity (Wildman–Crippen MR) is 102 cm³/mol. The van der Waals surface area contributed by atoms with E-state index in [9.17, 15) is 4.79 Å². The first-order chi connectivity index (χ1) is 12.5. The molecule has 2 aromatic carbocycles. The van der Waals surface area contributed by atoms with Crippen LogP contribution in [0.4, 0.5) is 23.0 Å². The van der Waals surface area contributed by atoms with Gasteiger partial charge in [-0.15, -0.1) is 0 Å². The molecule has 0 fully saturated rings. The Morgan fingerprint density at radius 3 is 2.35 bits per heavy atom. The van der Waals surface area contributed by atoms with Crippen molar-refractivity contribution in [3.8, 4) is 0 Å². The van der Waals surface area contributed by atoms with E-state index in [1.165, 1.54) is 24.0 Å². The summed E-state index contributed by atoms with van der Waals surface area (Å²) >= 11 is 0. The van der Waals surface area contributed by atoms with Gasteiger partial charge in [0.15, 0.2) is 11.6 Å². The van der Waals surface area contributed by atoms with Crippen molar-refractivity contribution in [2.24, 2.45) is 0 Å². The summed E-state index contributed by atoms with van der Waals surface area (Å²) in [5.41, 5.74) is 9.77. The van der Waals surface area contributed by atoms with Gasteiger partial charge in [0.2, 0.25) is 0 Å². The zero-order valence-corrected chi connectivity index (χ0v) is 14.2. The van der Waals surface area contributed by atoms with Crippen LogP contribution in [0.2, 0.25) is 0 Å². The van der Waals surface area contributed by atoms with Gasteiger partial charge < -0.3 is 21.5 Å². The van der Waals surface area contributed by atoms with Gasteiger partial charge >= 0.3 is 5.97 Å². The normalized spacial score (nSPS) is 10.3. The number of nitrogens with two attached hydrogens (primary N) is 1. The van der Waals surface area contributed by atoms with Crippen molar-refractivity contribution in [2.75, 3.05) is 16.4 Å². The molecular weight excluding hydrogens is 330 g/mol. The molecule has 0 aliphatic carbocycles. The van der Waals surface area contributed by atoms with Gasteiger partial charge in [0.25, 0.3) is 0 Å². The van der Waals surface area contributed by atoms with E-state index >= 15 is 0 Å². The summed E-state index contributed by atoms with van der Waals surface area (Å²) in [6, 6.07) is 14.5. The molecule has 0 amide bonds. The molecule has 0 aliphatic heterocycles. The molecule has 132 valence electrons. The van der Waals surface area contributed by atoms with Gasteiger partial charge in [-0.05, 0) is 36.8 Å². The minimum Gasteiger partial charge on any atom is -0.478 e. The molecule has 0 bridgehead atoms. The number of hydrogen-bond donors (Lipinski definition) is 4. The Morgan fingerprint density at radius 2 is 1.69 bits per heavy atom. The lowest BCUT2D eigenvalue weighted by atomic mass is 10.1. The quantitative estimate of drug-likeness (QED) is 0.539. The topological polar surface area (TPSA) is 113 Å². The van der Waals surface area contributed by atoms with Crippen LogP contribution in [0.25, 0.3) is 0 Å². The lowest BCUT2D eigenvalue weighted by Gasteiger charge is -2.13. The van der Waals surface area contributed by atoms with Crippen molar-refractivity contribution in [3.63, 3.8) is 0 Å². The van der Waals surface area contributed by atoms with Crippen LogP contribution in [-0.2, 0) is 6.54 Å². The monoisotopic (exact) mass is 349 g/mol. The van der Waals surface area contributed by atoms with Crippen molar-refractivity contribution in [2.45, 2.75) is 13.5 Å². The Balaban J connectivity index is 1.72. The first kappa shape index (κ1) is 17.2. The van der Waals surface area contributed by atoms with E-state index in [1.807, 2.05) is 31.2 Å². The number of aryl methyl sites for hydroxylation is 1. The van der Waals surface area contributed by atoms with Gasteiger partial charge in [-0.2, -0.15) is 0 Å². The molecule has 0 unspecified atom stereocenters. The zero-order chi connectivity index (χ0) is 18.5. The maximum absolute atomic E-state index is 10.9. The van der Waals surface area contributed by atoms with E-state index in [-0.39, 0.29) is 5.56 Å². The van der Waals surface area contributed by atoms with Gasteiger partial charge in [0.05, 0.1) is 5.56 Å². The van der Waals surface area contributed by atoms with Crippen LogP contribution in [0.1, 0.15) is 21.5 Å². The third-order valence-corrected chi connectivity index (χ3v) is 3.86. The number of nitrogens with one attached hydrogen (secondary N) is 2. The van der Waals surface area contributed by atoms with Crippen LogP contribution < -0.4 is 16.4 Å². The lowest BCUT2D eigenvalue weighted by molar-refractivity contribution is 0.0697. The van der Waals surface area contributed by atoms with Gasteiger partial charge in [-0.1, -0.05) is 29.8 Å². The minimum atomic E-state index is -0.972. The van der Waals surface area contributed by atoms with Crippen molar-refractivity contribution in [1.29, 1.82) is 0 Å². The number of aromatic nitrogens is 2. The Bertz CT molecular complexity index is 908. The van der Waals surface area contributed by atoms with Crippen LogP contribution in [0.5, 0.6) is 0 Å². The molecule has 7 nitrogen and oxygen atoms in total. The highest BCUT2D eigenvalue weighted by atomic mass is 16.4. The first-order valence-corrected chi connectivity index (χ1v) is 8.03. The summed E-state index contributed by atoms with van der Waals surface area (Å²) in [5.74, 6) is 0.0143. The summed E-state index contributed by atoms with van der Waals surface area (Å²) in [4.78, 5) is 19.2. The molecule has 3 rings (SSSR count). The molecule has 0 saturated carbocycles. The molecule has 7 heteroatoms. The highest BCUT2D eigenvalue weighted by molar-refractivity contribution is 5.88. The molecule has 0 aliphatic rings. The van der Waals surface area contributed by atoms with Crippen molar-refractivity contribution in [1.82, 2.24) is 9.97 Å². The van der Waals surface area contributed by atoms with E-state index < -0.39 is 5.97 Å². The van der Waals surface area contributed by atoms with Crippen LogP contribution in [0.15, 0.2) is 54.9 Å². The number of benzene rings is 2. The van der Waals surface area contributed by atoms with Crippen molar-refractivity contribution < 1.29 is 9.90 Å². The Hall–Kier alpha value is -3.61. The van der Waals surface area contributed by atoms with Crippen molar-refractivity contribution >= 4 is 29.0 Å². The number of hydrogen-bond acceptors (Lipinski definition) is 6. The Morgan fingerprint density at radius 1 is 1.04 bits per heavy atom. The van der Waals surface area contributed by atoms with E-state index in [2.05, 4.69) is 20.6 Å². The summed E-state index contributed by atoms with van der Waals surface area (Å²) in [6.07, 6.45) is 1.42. The number of nitrogens with zero attached hydrogens (tertiary/aromatic N) is 2. The van der Waals surface area contributed by atoms with E-state index in [4.69, 9.17) is 10.8 Å². The molecule has 0 atom stereocenters. The molecule has 0 saturated heterocycles. The second kappa shape index (κ2) is 7.52. The zero-order valence-electron chi connectivity index (χ0n) is 14.2. The second-order valence-corrected chi connectivity index (χ2v) is 5.83. The minimum absolute atomic E-state index is 0.215. The van der Waals surface area contributed by atoms with Crippen LogP contribution >= 0.6 is 0 Å². The van der Waals surface area contributed by atoms with Gasteiger partial charge in [-0.3, -0.25) is 0 Å². The highest BCUT2D eigenvalue weighted by Gasteiger charge is 2.09. The van der Waals surface area contributed by atoms with Crippen LogP contribution in [0.3, 0.4) is 0 Å². The largest absolute Gasteiger partial charge is 0.478 e. The van der Waals surface area contributed by atoms with E-state index in [0.717, 1.165) is 5.56 Å². The summed E-state index contributed by atoms with van der Waals surface area (Å²) < 4.78 is 0. The Labute approximate surface area is 150 Å². The SMILES string of the molecule is Cc1ccc(CNc2ncnc(Nc3ccc(C(=O)O)cc3)c2N)cc1. The number of carboxylic acids is 1. The third-order valence-electron chi connectivity index (χ3n) is 3.86. The van der Waals surface area contributed by atoms with Crippen LogP contribution in [0, 0.1) is 6.92 Å². The average molecular weight is 349 g/mol. The molecule has 1 aromatic heterocycles. The van der Waals surface area contributed by atoms with E-state index in [1.54, 1.807) is 12.1 Å². The standard InChI is InChI=1S/C19H19N5O2/c1-12-2-4-13(5-3-12)10-21-17-16(20)18(23-11-22-17)24-15-8-6-14(7-9-15)19(25)26/h2-9,11H,10,20H2,1H3,(H,25,26)(H2,21,22,23,24). The molecule has 1 heterocycles. The number of carboxylic acid groups (broad SMARTS) is 1. The van der Waals surface area contributed by atoms with Gasteiger partial charge in [-0.25, -0.2) is 14.8 Å².